The summed E-state index contributed by atoms with van der Waals surface area (Å²) in [5.74, 6) is -2.21. The summed E-state index contributed by atoms with van der Waals surface area (Å²) in [7, 11) is 4.28. The molecular formula is C10H16O5. The Hall–Kier alpha value is -0.940. The first-order chi connectivity index (χ1) is 7.08. The van der Waals surface area contributed by atoms with Crippen molar-refractivity contribution in [3.05, 3.63) is 0 Å². The van der Waals surface area contributed by atoms with Gasteiger partial charge in [0.15, 0.2) is 5.79 Å². The quantitative estimate of drug-likeness (QED) is 0.391. The molecule has 0 unspecified atom stereocenters. The van der Waals surface area contributed by atoms with Crippen molar-refractivity contribution in [2.75, 3.05) is 21.3 Å². The third-order valence-corrected chi connectivity index (χ3v) is 2.89. The highest BCUT2D eigenvalue weighted by Crippen LogP contribution is 2.34. The zero-order valence-corrected chi connectivity index (χ0v) is 9.24. The first-order valence-electron chi connectivity index (χ1n) is 4.79. The molecule has 0 bridgehead atoms. The SMILES string of the molecule is COC(=O)[C@@H]1CC(OC)(OC)CCC1=O. The molecule has 0 aromatic heterocycles. The molecule has 1 atom stereocenters. The number of hydrogen-bond donors (Lipinski definition) is 0. The number of Topliss-reactive ketones (excluding diaryl/α,β-unsaturated/α-hetero) is 1. The molecule has 5 heteroatoms. The van der Waals surface area contributed by atoms with Gasteiger partial charge >= 0.3 is 5.97 Å². The third-order valence-electron chi connectivity index (χ3n) is 2.89. The highest BCUT2D eigenvalue weighted by Gasteiger charge is 2.44. The van der Waals surface area contributed by atoms with Gasteiger partial charge < -0.3 is 14.2 Å². The van der Waals surface area contributed by atoms with Crippen molar-refractivity contribution in [2.24, 2.45) is 5.92 Å². The van der Waals surface area contributed by atoms with E-state index in [1.807, 2.05) is 0 Å². The number of methoxy groups -OCH3 is 3. The van der Waals surface area contributed by atoms with E-state index in [0.717, 1.165) is 0 Å². The monoisotopic (exact) mass is 216 g/mol. The Kier molecular flexibility index (Phi) is 3.82. The third kappa shape index (κ3) is 2.35. The lowest BCUT2D eigenvalue weighted by molar-refractivity contribution is -0.230. The van der Waals surface area contributed by atoms with Gasteiger partial charge in [0.05, 0.1) is 7.11 Å². The van der Waals surface area contributed by atoms with E-state index >= 15 is 0 Å². The minimum Gasteiger partial charge on any atom is -0.468 e. The van der Waals surface area contributed by atoms with Crippen LogP contribution in [0.15, 0.2) is 0 Å². The Morgan fingerprint density at radius 2 is 1.93 bits per heavy atom. The summed E-state index contributed by atoms with van der Waals surface area (Å²) in [6.45, 7) is 0. The summed E-state index contributed by atoms with van der Waals surface area (Å²) < 4.78 is 15.0. The van der Waals surface area contributed by atoms with E-state index < -0.39 is 17.7 Å². The Labute approximate surface area is 88.7 Å². The summed E-state index contributed by atoms with van der Waals surface area (Å²) in [6, 6.07) is 0. The zero-order valence-electron chi connectivity index (χ0n) is 9.24. The maximum absolute atomic E-state index is 11.5. The molecule has 0 aliphatic heterocycles. The second-order valence-electron chi connectivity index (χ2n) is 3.57. The van der Waals surface area contributed by atoms with Crippen LogP contribution < -0.4 is 0 Å². The highest BCUT2D eigenvalue weighted by molar-refractivity contribution is 5.99. The Balaban J connectivity index is 2.79. The normalized spacial score (nSPS) is 25.0. The van der Waals surface area contributed by atoms with Crippen LogP contribution in [0.2, 0.25) is 0 Å². The molecule has 86 valence electrons. The van der Waals surface area contributed by atoms with Gasteiger partial charge in [0.2, 0.25) is 0 Å². The van der Waals surface area contributed by atoms with E-state index in [9.17, 15) is 9.59 Å². The molecule has 1 aliphatic rings. The van der Waals surface area contributed by atoms with Crippen molar-refractivity contribution < 1.29 is 23.8 Å². The van der Waals surface area contributed by atoms with Gasteiger partial charge in [-0.2, -0.15) is 0 Å². The van der Waals surface area contributed by atoms with Crippen molar-refractivity contribution >= 4 is 11.8 Å². The summed E-state index contributed by atoms with van der Waals surface area (Å²) in [5.41, 5.74) is 0. The van der Waals surface area contributed by atoms with Crippen LogP contribution in [-0.4, -0.2) is 38.9 Å². The van der Waals surface area contributed by atoms with Crippen LogP contribution >= 0.6 is 0 Å². The van der Waals surface area contributed by atoms with Gasteiger partial charge in [0.1, 0.15) is 11.7 Å². The summed E-state index contributed by atoms with van der Waals surface area (Å²) >= 11 is 0. The first-order valence-corrected chi connectivity index (χ1v) is 4.79. The minimum atomic E-state index is -0.827. The Morgan fingerprint density at radius 3 is 2.40 bits per heavy atom. The van der Waals surface area contributed by atoms with Crippen LogP contribution in [0.5, 0.6) is 0 Å². The van der Waals surface area contributed by atoms with Crippen LogP contribution in [0.4, 0.5) is 0 Å². The molecule has 5 nitrogen and oxygen atoms in total. The standard InChI is InChI=1S/C10H16O5/c1-13-9(12)7-6-10(14-2,15-3)5-4-8(7)11/h7H,4-6H2,1-3H3/t7-/m1/s1. The molecule has 0 radical (unpaired) electrons. The predicted molar refractivity (Wildman–Crippen MR) is 51.1 cm³/mol. The molecule has 0 spiro atoms. The largest absolute Gasteiger partial charge is 0.468 e. The van der Waals surface area contributed by atoms with Crippen molar-refractivity contribution in [3.8, 4) is 0 Å². The van der Waals surface area contributed by atoms with Crippen molar-refractivity contribution in [3.63, 3.8) is 0 Å². The number of carbonyl (C=O) groups excluding carboxylic acids is 2. The Bertz CT molecular complexity index is 249. The van der Waals surface area contributed by atoms with E-state index in [1.165, 1.54) is 21.3 Å². The molecule has 0 saturated heterocycles. The Morgan fingerprint density at radius 1 is 1.33 bits per heavy atom. The average molecular weight is 216 g/mol. The van der Waals surface area contributed by atoms with Crippen LogP contribution in [0.3, 0.4) is 0 Å². The lowest BCUT2D eigenvalue weighted by Gasteiger charge is -2.36. The van der Waals surface area contributed by atoms with Crippen LogP contribution in [0, 0.1) is 5.92 Å². The smallest absolute Gasteiger partial charge is 0.316 e. The molecule has 1 saturated carbocycles. The molecular weight excluding hydrogens is 200 g/mol. The molecule has 0 heterocycles. The van der Waals surface area contributed by atoms with Crippen molar-refractivity contribution in [1.29, 1.82) is 0 Å². The molecule has 0 aromatic rings. The van der Waals surface area contributed by atoms with E-state index in [1.54, 1.807) is 0 Å². The van der Waals surface area contributed by atoms with Gasteiger partial charge in [-0.25, -0.2) is 0 Å². The van der Waals surface area contributed by atoms with E-state index in [2.05, 4.69) is 4.74 Å². The van der Waals surface area contributed by atoms with Gasteiger partial charge in [-0.05, 0) is 0 Å². The molecule has 1 aliphatic carbocycles. The molecule has 0 amide bonds. The maximum atomic E-state index is 11.5. The second kappa shape index (κ2) is 4.72. The number of ether oxygens (including phenoxy) is 3. The van der Waals surface area contributed by atoms with E-state index in [4.69, 9.17) is 9.47 Å². The summed E-state index contributed by atoms with van der Waals surface area (Å²) in [4.78, 5) is 22.8. The van der Waals surface area contributed by atoms with Gasteiger partial charge in [-0.15, -0.1) is 0 Å². The number of carbonyl (C=O) groups is 2. The molecule has 0 N–H and O–H groups in total. The highest BCUT2D eigenvalue weighted by atomic mass is 16.7. The molecule has 0 aromatic carbocycles. The fraction of sp³-hybridized carbons (Fsp3) is 0.800. The van der Waals surface area contributed by atoms with Gasteiger partial charge in [-0.1, -0.05) is 0 Å². The second-order valence-corrected chi connectivity index (χ2v) is 3.57. The van der Waals surface area contributed by atoms with E-state index in [0.29, 0.717) is 6.42 Å². The molecule has 1 rings (SSSR count). The topological polar surface area (TPSA) is 61.8 Å². The van der Waals surface area contributed by atoms with Crippen LogP contribution in [-0.2, 0) is 23.8 Å². The van der Waals surface area contributed by atoms with Gasteiger partial charge in [-0.3, -0.25) is 9.59 Å². The summed E-state index contributed by atoms with van der Waals surface area (Å²) in [5, 5.41) is 0. The molecule has 15 heavy (non-hydrogen) atoms. The van der Waals surface area contributed by atoms with Gasteiger partial charge in [0, 0.05) is 33.5 Å². The number of rotatable bonds is 3. The predicted octanol–water partition coefficient (Wildman–Crippen LogP) is 0.518. The van der Waals surface area contributed by atoms with Crippen molar-refractivity contribution in [1.82, 2.24) is 0 Å². The number of esters is 1. The lowest BCUT2D eigenvalue weighted by Crippen LogP contribution is -2.45. The van der Waals surface area contributed by atoms with Crippen LogP contribution in [0.1, 0.15) is 19.3 Å². The number of ketones is 1. The first kappa shape index (κ1) is 12.1. The minimum absolute atomic E-state index is 0.105. The van der Waals surface area contributed by atoms with Gasteiger partial charge in [0.25, 0.3) is 0 Å². The van der Waals surface area contributed by atoms with E-state index in [-0.39, 0.29) is 18.6 Å². The summed E-state index contributed by atoms with van der Waals surface area (Å²) in [6.07, 6.45) is 0.985. The van der Waals surface area contributed by atoms with Crippen molar-refractivity contribution in [2.45, 2.75) is 25.0 Å². The fourth-order valence-electron chi connectivity index (χ4n) is 1.83. The number of hydrogen-bond acceptors (Lipinski definition) is 5. The van der Waals surface area contributed by atoms with Crippen LogP contribution in [0.25, 0.3) is 0 Å². The lowest BCUT2D eigenvalue weighted by atomic mass is 9.83. The average Bonchev–Trinajstić information content (AvgIpc) is 2.29. The maximum Gasteiger partial charge on any atom is 0.316 e. The molecule has 1 fully saturated rings. The zero-order chi connectivity index (χ0) is 11.5. The fourth-order valence-corrected chi connectivity index (χ4v) is 1.83.